The number of amides is 1. The molecule has 2 N–H and O–H groups in total. The minimum absolute atomic E-state index is 0. The zero-order valence-corrected chi connectivity index (χ0v) is 13.8. The monoisotopic (exact) mass is 376 g/mol. The summed E-state index contributed by atoms with van der Waals surface area (Å²) in [5, 5.41) is 11.0. The molecule has 1 aromatic rings. The van der Waals surface area contributed by atoms with Crippen molar-refractivity contribution in [3.05, 3.63) is 34.3 Å². The summed E-state index contributed by atoms with van der Waals surface area (Å²) in [6, 6.07) is 8.31. The Balaban J connectivity index is 0.00000220. The van der Waals surface area contributed by atoms with Crippen molar-refractivity contribution in [2.75, 3.05) is 19.6 Å². The van der Waals surface area contributed by atoms with Crippen LogP contribution in [0.15, 0.2) is 28.7 Å². The molecule has 2 rings (SSSR count). The van der Waals surface area contributed by atoms with Crippen LogP contribution in [0, 0.1) is 0 Å². The van der Waals surface area contributed by atoms with Gasteiger partial charge in [0, 0.05) is 10.5 Å². The van der Waals surface area contributed by atoms with E-state index in [1.54, 1.807) is 0 Å². The summed E-state index contributed by atoms with van der Waals surface area (Å²) < 4.78 is 1.03. The number of nitrogens with one attached hydrogen (secondary N) is 1. The van der Waals surface area contributed by atoms with E-state index in [-0.39, 0.29) is 37.4 Å². The second-order valence-corrected chi connectivity index (χ2v) is 5.77. The predicted molar refractivity (Wildman–Crippen MR) is 85.6 cm³/mol. The van der Waals surface area contributed by atoms with E-state index < -0.39 is 5.97 Å². The zero-order chi connectivity index (χ0) is 14.5. The standard InChI is InChI=1S/C14H17BrN2O3.ClH/c15-11-4-1-3-10(7-11)12-5-2-6-17(12)9-13(18)16-8-14(19)20;/h1,3-4,7,12H,2,5-6,8-9H2,(H,16,18)(H,19,20);1H. The summed E-state index contributed by atoms with van der Waals surface area (Å²) in [7, 11) is 0. The largest absolute Gasteiger partial charge is 0.480 e. The summed E-state index contributed by atoms with van der Waals surface area (Å²) in [4.78, 5) is 24.2. The van der Waals surface area contributed by atoms with E-state index >= 15 is 0 Å². The summed E-state index contributed by atoms with van der Waals surface area (Å²) in [6.45, 7) is 0.774. The quantitative estimate of drug-likeness (QED) is 0.825. The number of carbonyl (C=O) groups is 2. The lowest BCUT2D eigenvalue weighted by Gasteiger charge is -2.24. The van der Waals surface area contributed by atoms with Gasteiger partial charge < -0.3 is 10.4 Å². The Morgan fingerprint density at radius 2 is 2.19 bits per heavy atom. The van der Waals surface area contributed by atoms with Gasteiger partial charge in [0.15, 0.2) is 0 Å². The van der Waals surface area contributed by atoms with Crippen molar-refractivity contribution in [2.24, 2.45) is 0 Å². The zero-order valence-electron chi connectivity index (χ0n) is 11.4. The molecule has 1 unspecified atom stereocenters. The Morgan fingerprint density at radius 3 is 2.86 bits per heavy atom. The van der Waals surface area contributed by atoms with E-state index in [0.29, 0.717) is 0 Å². The first-order chi connectivity index (χ1) is 9.56. The van der Waals surface area contributed by atoms with Crippen molar-refractivity contribution in [2.45, 2.75) is 18.9 Å². The number of rotatable bonds is 5. The van der Waals surface area contributed by atoms with Gasteiger partial charge >= 0.3 is 5.97 Å². The van der Waals surface area contributed by atoms with Crippen molar-refractivity contribution in [1.29, 1.82) is 0 Å². The number of carboxylic acid groups (broad SMARTS) is 1. The van der Waals surface area contributed by atoms with Crippen molar-refractivity contribution in [1.82, 2.24) is 10.2 Å². The van der Waals surface area contributed by atoms with Crippen LogP contribution in [-0.4, -0.2) is 41.5 Å². The number of hydrogen-bond donors (Lipinski definition) is 2. The van der Waals surface area contributed by atoms with E-state index in [9.17, 15) is 9.59 Å². The highest BCUT2D eigenvalue weighted by Crippen LogP contribution is 2.32. The third-order valence-corrected chi connectivity index (χ3v) is 3.87. The maximum atomic E-state index is 11.7. The molecule has 0 spiro atoms. The lowest BCUT2D eigenvalue weighted by Crippen LogP contribution is -2.39. The van der Waals surface area contributed by atoms with Gasteiger partial charge in [0.1, 0.15) is 6.54 Å². The molecule has 1 aromatic carbocycles. The molecule has 7 heteroatoms. The number of aliphatic carboxylic acids is 1. The summed E-state index contributed by atoms with van der Waals surface area (Å²) >= 11 is 3.46. The Bertz CT molecular complexity index is 513. The molecule has 1 saturated heterocycles. The van der Waals surface area contributed by atoms with Crippen LogP contribution in [0.5, 0.6) is 0 Å². The molecule has 1 heterocycles. The first kappa shape index (κ1) is 17.9. The number of hydrogen-bond acceptors (Lipinski definition) is 3. The molecule has 116 valence electrons. The van der Waals surface area contributed by atoms with Gasteiger partial charge in [0.05, 0.1) is 6.54 Å². The minimum Gasteiger partial charge on any atom is -0.480 e. The second kappa shape index (κ2) is 8.36. The van der Waals surface area contributed by atoms with Gasteiger partial charge in [-0.3, -0.25) is 14.5 Å². The second-order valence-electron chi connectivity index (χ2n) is 4.85. The Morgan fingerprint density at radius 1 is 1.43 bits per heavy atom. The Hall–Kier alpha value is -1.11. The summed E-state index contributed by atoms with van der Waals surface area (Å²) in [5.74, 6) is -1.27. The minimum atomic E-state index is -1.02. The fourth-order valence-corrected chi connectivity index (χ4v) is 2.94. The SMILES string of the molecule is Cl.O=C(O)CNC(=O)CN1CCCC1c1cccc(Br)c1. The van der Waals surface area contributed by atoms with E-state index in [4.69, 9.17) is 5.11 Å². The third kappa shape index (κ3) is 5.30. The van der Waals surface area contributed by atoms with Gasteiger partial charge in [-0.2, -0.15) is 0 Å². The molecular weight excluding hydrogens is 360 g/mol. The van der Waals surface area contributed by atoms with Crippen LogP contribution in [0.3, 0.4) is 0 Å². The van der Waals surface area contributed by atoms with Gasteiger partial charge in [0.2, 0.25) is 5.91 Å². The molecule has 0 radical (unpaired) electrons. The Labute approximate surface area is 138 Å². The molecule has 1 aliphatic heterocycles. The number of carbonyl (C=O) groups excluding carboxylic acids is 1. The van der Waals surface area contributed by atoms with Crippen LogP contribution < -0.4 is 5.32 Å². The highest BCUT2D eigenvalue weighted by Gasteiger charge is 2.27. The van der Waals surface area contributed by atoms with Gasteiger partial charge in [-0.1, -0.05) is 28.1 Å². The molecular formula is C14H18BrClN2O3. The van der Waals surface area contributed by atoms with Crippen LogP contribution in [0.4, 0.5) is 0 Å². The fraction of sp³-hybridized carbons (Fsp3) is 0.429. The molecule has 0 bridgehead atoms. The number of likely N-dealkylation sites (tertiary alicyclic amines) is 1. The van der Waals surface area contributed by atoms with Crippen LogP contribution >= 0.6 is 28.3 Å². The lowest BCUT2D eigenvalue weighted by atomic mass is 10.0. The normalized spacial score (nSPS) is 18.0. The number of benzene rings is 1. The lowest BCUT2D eigenvalue weighted by molar-refractivity contribution is -0.138. The smallest absolute Gasteiger partial charge is 0.322 e. The first-order valence-electron chi connectivity index (χ1n) is 6.54. The van der Waals surface area contributed by atoms with Crippen LogP contribution in [-0.2, 0) is 9.59 Å². The van der Waals surface area contributed by atoms with Crippen molar-refractivity contribution < 1.29 is 14.7 Å². The topological polar surface area (TPSA) is 69.6 Å². The van der Waals surface area contributed by atoms with E-state index in [0.717, 1.165) is 23.9 Å². The average Bonchev–Trinajstić information content (AvgIpc) is 2.84. The highest BCUT2D eigenvalue weighted by atomic mass is 79.9. The molecule has 1 aliphatic rings. The Kier molecular flexibility index (Phi) is 7.14. The molecule has 0 aliphatic carbocycles. The molecule has 1 amide bonds. The molecule has 1 atom stereocenters. The molecule has 5 nitrogen and oxygen atoms in total. The third-order valence-electron chi connectivity index (χ3n) is 3.38. The highest BCUT2D eigenvalue weighted by molar-refractivity contribution is 9.10. The van der Waals surface area contributed by atoms with Gasteiger partial charge in [-0.25, -0.2) is 0 Å². The molecule has 0 aromatic heterocycles. The van der Waals surface area contributed by atoms with Crippen molar-refractivity contribution in [3.8, 4) is 0 Å². The van der Waals surface area contributed by atoms with Crippen LogP contribution in [0.1, 0.15) is 24.4 Å². The van der Waals surface area contributed by atoms with Gasteiger partial charge in [0.25, 0.3) is 0 Å². The van der Waals surface area contributed by atoms with Crippen molar-refractivity contribution >= 4 is 40.2 Å². The fourth-order valence-electron chi connectivity index (χ4n) is 2.52. The number of nitrogens with zero attached hydrogens (tertiary/aromatic N) is 1. The maximum absolute atomic E-state index is 11.7. The van der Waals surface area contributed by atoms with E-state index in [1.165, 1.54) is 5.56 Å². The maximum Gasteiger partial charge on any atom is 0.322 e. The number of carboxylic acids is 1. The summed E-state index contributed by atoms with van der Waals surface area (Å²) in [6.07, 6.45) is 2.06. The van der Waals surface area contributed by atoms with Crippen molar-refractivity contribution in [3.63, 3.8) is 0 Å². The summed E-state index contributed by atoms with van der Waals surface area (Å²) in [5.41, 5.74) is 1.18. The van der Waals surface area contributed by atoms with Crippen LogP contribution in [0.25, 0.3) is 0 Å². The molecule has 0 saturated carbocycles. The van der Waals surface area contributed by atoms with Gasteiger partial charge in [-0.15, -0.1) is 12.4 Å². The first-order valence-corrected chi connectivity index (χ1v) is 7.33. The van der Waals surface area contributed by atoms with Crippen LogP contribution in [0.2, 0.25) is 0 Å². The average molecular weight is 378 g/mol. The number of halogens is 2. The van der Waals surface area contributed by atoms with E-state index in [2.05, 4.69) is 38.3 Å². The van der Waals surface area contributed by atoms with E-state index in [1.807, 2.05) is 12.1 Å². The predicted octanol–water partition coefficient (Wildman–Crippen LogP) is 2.21. The van der Waals surface area contributed by atoms with Gasteiger partial charge in [-0.05, 0) is 37.1 Å². The molecule has 1 fully saturated rings. The molecule has 21 heavy (non-hydrogen) atoms.